The average Bonchev–Trinajstić information content (AvgIpc) is 2.40. The molecule has 0 bridgehead atoms. The maximum Gasteiger partial charge on any atom is 0.266 e. The zero-order valence-electron chi connectivity index (χ0n) is 13.4. The fourth-order valence-corrected chi connectivity index (χ4v) is 2.33. The van der Waals surface area contributed by atoms with E-state index in [9.17, 15) is 4.79 Å². The summed E-state index contributed by atoms with van der Waals surface area (Å²) in [5.41, 5.74) is 0.154. The largest absolute Gasteiger partial charge is 0.390 e. The van der Waals surface area contributed by atoms with E-state index in [4.69, 9.17) is 10.00 Å². The van der Waals surface area contributed by atoms with Crippen LogP contribution in [0.15, 0.2) is 11.8 Å². The highest BCUT2D eigenvalue weighted by Crippen LogP contribution is 2.13. The maximum atomic E-state index is 12.3. The van der Waals surface area contributed by atoms with Crippen molar-refractivity contribution >= 4 is 5.91 Å². The van der Waals surface area contributed by atoms with Crippen LogP contribution in [0.5, 0.6) is 0 Å². The average molecular weight is 294 g/mol. The first-order valence-electron chi connectivity index (χ1n) is 7.37. The molecule has 0 aromatic rings. The molecule has 0 aromatic carbocycles. The zero-order chi connectivity index (χ0) is 15.8. The molecule has 6 heteroatoms. The van der Waals surface area contributed by atoms with E-state index in [1.165, 1.54) is 6.20 Å². The molecule has 6 nitrogen and oxygen atoms in total. The summed E-state index contributed by atoms with van der Waals surface area (Å²) >= 11 is 0. The fourth-order valence-electron chi connectivity index (χ4n) is 2.33. The summed E-state index contributed by atoms with van der Waals surface area (Å²) in [5, 5.41) is 12.2. The van der Waals surface area contributed by atoms with Gasteiger partial charge in [-0.05, 0) is 40.9 Å². The van der Waals surface area contributed by atoms with Gasteiger partial charge in [-0.15, -0.1) is 0 Å². The Morgan fingerprint density at radius 1 is 1.43 bits per heavy atom. The molecule has 1 fully saturated rings. The van der Waals surface area contributed by atoms with E-state index >= 15 is 0 Å². The molecule has 0 radical (unpaired) electrons. The van der Waals surface area contributed by atoms with Crippen molar-refractivity contribution in [2.45, 2.75) is 32.5 Å². The van der Waals surface area contributed by atoms with Crippen molar-refractivity contribution in [2.75, 3.05) is 40.3 Å². The lowest BCUT2D eigenvalue weighted by Gasteiger charge is -2.35. The fraction of sp³-hybridized carbons (Fsp3) is 0.733. The van der Waals surface area contributed by atoms with Crippen LogP contribution in [-0.2, 0) is 9.53 Å². The molecule has 118 valence electrons. The number of morpholine rings is 1. The third-order valence-corrected chi connectivity index (χ3v) is 3.23. The van der Waals surface area contributed by atoms with Gasteiger partial charge in [-0.2, -0.15) is 5.26 Å². The second-order valence-corrected chi connectivity index (χ2v) is 5.75. The van der Waals surface area contributed by atoms with Crippen LogP contribution >= 0.6 is 0 Å². The lowest BCUT2D eigenvalue weighted by atomic mass is 10.2. The van der Waals surface area contributed by atoms with Crippen LogP contribution in [-0.4, -0.2) is 68.2 Å². The molecule has 1 heterocycles. The predicted octanol–water partition coefficient (Wildman–Crippen LogP) is 0.571. The molecule has 1 N–H and O–H groups in total. The molecule has 2 unspecified atom stereocenters. The van der Waals surface area contributed by atoms with Crippen LogP contribution in [0.1, 0.15) is 20.3 Å². The summed E-state index contributed by atoms with van der Waals surface area (Å²) in [6.45, 7) is 6.64. The van der Waals surface area contributed by atoms with Crippen molar-refractivity contribution in [1.29, 1.82) is 5.26 Å². The lowest BCUT2D eigenvalue weighted by molar-refractivity contribution is -0.138. The Bertz CT molecular complexity index is 404. The minimum Gasteiger partial charge on any atom is -0.390 e. The van der Waals surface area contributed by atoms with Crippen molar-refractivity contribution in [2.24, 2.45) is 0 Å². The van der Waals surface area contributed by atoms with E-state index < -0.39 is 0 Å². The minimum absolute atomic E-state index is 0.00527. The van der Waals surface area contributed by atoms with Gasteiger partial charge in [0, 0.05) is 25.8 Å². The van der Waals surface area contributed by atoms with Gasteiger partial charge in [-0.1, -0.05) is 0 Å². The van der Waals surface area contributed by atoms with E-state index in [2.05, 4.69) is 10.2 Å². The van der Waals surface area contributed by atoms with Crippen molar-refractivity contribution in [3.05, 3.63) is 11.8 Å². The molecule has 0 saturated carbocycles. The monoisotopic (exact) mass is 294 g/mol. The van der Waals surface area contributed by atoms with Gasteiger partial charge in [0.05, 0.1) is 12.2 Å². The van der Waals surface area contributed by atoms with E-state index in [0.717, 1.165) is 19.5 Å². The summed E-state index contributed by atoms with van der Waals surface area (Å²) in [5.74, 6) is -0.223. The zero-order valence-corrected chi connectivity index (χ0v) is 13.4. The SMILES string of the molecule is CC1CN(C(=O)/C(C#N)=C\NCCCN(C)C)CC(C)O1. The first-order valence-corrected chi connectivity index (χ1v) is 7.37. The van der Waals surface area contributed by atoms with Crippen LogP contribution in [0.3, 0.4) is 0 Å². The number of nitrogens with one attached hydrogen (secondary N) is 1. The summed E-state index contributed by atoms with van der Waals surface area (Å²) in [6, 6.07) is 1.98. The number of rotatable bonds is 6. The number of nitriles is 1. The molecule has 0 aliphatic carbocycles. The van der Waals surface area contributed by atoms with Crippen molar-refractivity contribution < 1.29 is 9.53 Å². The Morgan fingerprint density at radius 2 is 2.05 bits per heavy atom. The van der Waals surface area contributed by atoms with Crippen molar-refractivity contribution in [3.63, 3.8) is 0 Å². The number of carbonyl (C=O) groups is 1. The Morgan fingerprint density at radius 3 is 2.57 bits per heavy atom. The highest BCUT2D eigenvalue weighted by atomic mass is 16.5. The number of carbonyl (C=O) groups excluding carboxylic acids is 1. The van der Waals surface area contributed by atoms with Crippen LogP contribution in [0.2, 0.25) is 0 Å². The first-order chi connectivity index (χ1) is 9.93. The minimum atomic E-state index is -0.223. The van der Waals surface area contributed by atoms with E-state index in [1.807, 2.05) is 34.0 Å². The number of amides is 1. The highest BCUT2D eigenvalue weighted by Gasteiger charge is 2.27. The van der Waals surface area contributed by atoms with Gasteiger partial charge in [0.2, 0.25) is 0 Å². The third kappa shape index (κ3) is 6.15. The predicted molar refractivity (Wildman–Crippen MR) is 81.5 cm³/mol. The van der Waals surface area contributed by atoms with Crippen LogP contribution < -0.4 is 5.32 Å². The van der Waals surface area contributed by atoms with Crippen LogP contribution in [0.4, 0.5) is 0 Å². The molecule has 1 aliphatic heterocycles. The number of ether oxygens (including phenoxy) is 1. The molecule has 21 heavy (non-hydrogen) atoms. The van der Waals surface area contributed by atoms with E-state index in [1.54, 1.807) is 4.90 Å². The van der Waals surface area contributed by atoms with Gasteiger partial charge in [-0.25, -0.2) is 0 Å². The highest BCUT2D eigenvalue weighted by molar-refractivity contribution is 5.97. The van der Waals surface area contributed by atoms with E-state index in [0.29, 0.717) is 13.1 Å². The molecule has 2 atom stereocenters. The van der Waals surface area contributed by atoms with Crippen molar-refractivity contribution in [1.82, 2.24) is 15.1 Å². The molecule has 1 aliphatic rings. The Hall–Kier alpha value is -1.58. The van der Waals surface area contributed by atoms with Gasteiger partial charge in [0.15, 0.2) is 0 Å². The summed E-state index contributed by atoms with van der Waals surface area (Å²) in [4.78, 5) is 16.1. The van der Waals surface area contributed by atoms with Gasteiger partial charge >= 0.3 is 0 Å². The number of hydrogen-bond donors (Lipinski definition) is 1. The lowest BCUT2D eigenvalue weighted by Crippen LogP contribution is -2.48. The second-order valence-electron chi connectivity index (χ2n) is 5.75. The van der Waals surface area contributed by atoms with Crippen LogP contribution in [0, 0.1) is 11.3 Å². The molecule has 1 rings (SSSR count). The number of nitrogens with zero attached hydrogens (tertiary/aromatic N) is 3. The summed E-state index contributed by atoms with van der Waals surface area (Å²) in [6.07, 6.45) is 2.50. The molecular weight excluding hydrogens is 268 g/mol. The maximum absolute atomic E-state index is 12.3. The standard InChI is InChI=1S/C15H26N4O2/c1-12-10-19(11-13(2)21-12)15(20)14(8-16)9-17-6-5-7-18(3)4/h9,12-13,17H,5-7,10-11H2,1-4H3/b14-9-. The topological polar surface area (TPSA) is 68.6 Å². The Balaban J connectivity index is 2.50. The Labute approximate surface area is 127 Å². The first kappa shape index (κ1) is 17.5. The molecule has 0 spiro atoms. The van der Waals surface area contributed by atoms with Gasteiger partial charge in [0.1, 0.15) is 11.6 Å². The molecule has 1 amide bonds. The van der Waals surface area contributed by atoms with Crippen molar-refractivity contribution in [3.8, 4) is 6.07 Å². The van der Waals surface area contributed by atoms with Gasteiger partial charge in [0.25, 0.3) is 5.91 Å². The molecule has 0 aromatic heterocycles. The molecular formula is C15H26N4O2. The summed E-state index contributed by atoms with van der Waals surface area (Å²) < 4.78 is 5.60. The van der Waals surface area contributed by atoms with E-state index in [-0.39, 0.29) is 23.7 Å². The quantitative estimate of drug-likeness (QED) is 0.441. The smallest absolute Gasteiger partial charge is 0.266 e. The van der Waals surface area contributed by atoms with Crippen LogP contribution in [0.25, 0.3) is 0 Å². The third-order valence-electron chi connectivity index (χ3n) is 3.23. The van der Waals surface area contributed by atoms with Gasteiger partial charge < -0.3 is 19.9 Å². The summed E-state index contributed by atoms with van der Waals surface area (Å²) in [7, 11) is 4.03. The second kappa shape index (κ2) is 8.65. The van der Waals surface area contributed by atoms with Gasteiger partial charge in [-0.3, -0.25) is 4.79 Å². The normalized spacial score (nSPS) is 23.0. The molecule has 1 saturated heterocycles. The Kier molecular flexibility index (Phi) is 7.20. The number of hydrogen-bond acceptors (Lipinski definition) is 5.